The second kappa shape index (κ2) is 3.73. The molecule has 0 atom stereocenters. The van der Waals surface area contributed by atoms with E-state index < -0.39 is 0 Å². The first-order chi connectivity index (χ1) is 6.02. The third-order valence-electron chi connectivity index (χ3n) is 2.00. The third-order valence-corrected chi connectivity index (χ3v) is 2.00. The average molecular weight is 180 g/mol. The summed E-state index contributed by atoms with van der Waals surface area (Å²) in [7, 11) is 0. The number of rotatable bonds is 2. The molecule has 0 saturated heterocycles. The van der Waals surface area contributed by atoms with Gasteiger partial charge in [0.15, 0.2) is 0 Å². The van der Waals surface area contributed by atoms with Gasteiger partial charge in [-0.1, -0.05) is 13.8 Å². The van der Waals surface area contributed by atoms with Gasteiger partial charge in [0.25, 0.3) is 0 Å². The van der Waals surface area contributed by atoms with E-state index in [9.17, 15) is 4.79 Å². The van der Waals surface area contributed by atoms with E-state index in [0.29, 0.717) is 5.92 Å². The maximum atomic E-state index is 11.4. The Morgan fingerprint density at radius 1 is 1.31 bits per heavy atom. The van der Waals surface area contributed by atoms with Gasteiger partial charge in [-0.25, -0.2) is 4.79 Å². The topological polar surface area (TPSA) is 34.9 Å². The highest BCUT2D eigenvalue weighted by atomic mass is 16.1. The third kappa shape index (κ3) is 2.17. The van der Waals surface area contributed by atoms with Crippen molar-refractivity contribution < 1.29 is 0 Å². The van der Waals surface area contributed by atoms with E-state index in [2.05, 4.69) is 4.98 Å². The van der Waals surface area contributed by atoms with Gasteiger partial charge in [-0.05, 0) is 25.8 Å². The zero-order valence-electron chi connectivity index (χ0n) is 8.61. The molecule has 0 aliphatic carbocycles. The van der Waals surface area contributed by atoms with Crippen LogP contribution in [0.5, 0.6) is 0 Å². The van der Waals surface area contributed by atoms with E-state index in [4.69, 9.17) is 0 Å². The maximum Gasteiger partial charge on any atom is 0.348 e. The quantitative estimate of drug-likeness (QED) is 0.697. The second-order valence-electron chi connectivity index (χ2n) is 3.79. The first-order valence-corrected chi connectivity index (χ1v) is 4.61. The molecule has 1 aromatic rings. The van der Waals surface area contributed by atoms with Crippen molar-refractivity contribution in [2.75, 3.05) is 0 Å². The van der Waals surface area contributed by atoms with E-state index in [1.165, 1.54) is 0 Å². The van der Waals surface area contributed by atoms with Crippen molar-refractivity contribution in [3.05, 3.63) is 28.4 Å². The number of hydrogen-bond donors (Lipinski definition) is 0. The molecular weight excluding hydrogens is 164 g/mol. The molecule has 0 saturated carbocycles. The van der Waals surface area contributed by atoms with Gasteiger partial charge in [-0.15, -0.1) is 0 Å². The highest BCUT2D eigenvalue weighted by Gasteiger charge is 2.05. The van der Waals surface area contributed by atoms with Gasteiger partial charge in [-0.3, -0.25) is 4.57 Å². The summed E-state index contributed by atoms with van der Waals surface area (Å²) >= 11 is 0. The molecule has 0 unspecified atom stereocenters. The summed E-state index contributed by atoms with van der Waals surface area (Å²) in [6.07, 6.45) is 1.81. The molecule has 0 aliphatic rings. The lowest BCUT2D eigenvalue weighted by Gasteiger charge is -2.10. The minimum absolute atomic E-state index is 0.152. The van der Waals surface area contributed by atoms with Crippen LogP contribution in [0.1, 0.15) is 45.3 Å². The van der Waals surface area contributed by atoms with Gasteiger partial charge in [0.2, 0.25) is 0 Å². The highest BCUT2D eigenvalue weighted by molar-refractivity contribution is 5.04. The van der Waals surface area contributed by atoms with Crippen molar-refractivity contribution in [3.8, 4) is 0 Å². The van der Waals surface area contributed by atoms with Gasteiger partial charge in [0, 0.05) is 12.2 Å². The summed E-state index contributed by atoms with van der Waals surface area (Å²) < 4.78 is 1.63. The molecular formula is C10H16N2O. The average Bonchev–Trinajstić information content (AvgIpc) is 2.03. The van der Waals surface area contributed by atoms with E-state index in [1.807, 2.05) is 40.0 Å². The summed E-state index contributed by atoms with van der Waals surface area (Å²) in [5, 5.41) is 0. The predicted molar refractivity (Wildman–Crippen MR) is 53.0 cm³/mol. The van der Waals surface area contributed by atoms with Crippen LogP contribution in [0.15, 0.2) is 17.1 Å². The zero-order chi connectivity index (χ0) is 10.0. The monoisotopic (exact) mass is 180 g/mol. The summed E-state index contributed by atoms with van der Waals surface area (Å²) in [4.78, 5) is 15.4. The van der Waals surface area contributed by atoms with Crippen LogP contribution in [0.25, 0.3) is 0 Å². The lowest BCUT2D eigenvalue weighted by molar-refractivity contribution is 0.557. The molecule has 3 heteroatoms. The molecule has 1 heterocycles. The van der Waals surface area contributed by atoms with E-state index in [-0.39, 0.29) is 11.7 Å². The molecule has 0 N–H and O–H groups in total. The van der Waals surface area contributed by atoms with E-state index >= 15 is 0 Å². The first kappa shape index (κ1) is 9.96. The molecule has 1 aromatic heterocycles. The lowest BCUT2D eigenvalue weighted by atomic mass is 10.1. The number of hydrogen-bond acceptors (Lipinski definition) is 2. The Morgan fingerprint density at radius 2 is 1.92 bits per heavy atom. The predicted octanol–water partition coefficient (Wildman–Crippen LogP) is 1.95. The molecule has 13 heavy (non-hydrogen) atoms. The van der Waals surface area contributed by atoms with Gasteiger partial charge in [0.1, 0.15) is 0 Å². The van der Waals surface area contributed by atoms with Gasteiger partial charge in [-0.2, -0.15) is 4.98 Å². The molecule has 0 radical (unpaired) electrons. The van der Waals surface area contributed by atoms with Crippen molar-refractivity contribution in [2.45, 2.75) is 39.7 Å². The molecule has 72 valence electrons. The Bertz CT molecular complexity index is 339. The van der Waals surface area contributed by atoms with Crippen LogP contribution in [-0.4, -0.2) is 9.55 Å². The minimum Gasteiger partial charge on any atom is -0.297 e. The van der Waals surface area contributed by atoms with Crippen LogP contribution in [0.4, 0.5) is 0 Å². The largest absolute Gasteiger partial charge is 0.348 e. The van der Waals surface area contributed by atoms with Crippen molar-refractivity contribution in [1.29, 1.82) is 0 Å². The fraction of sp³-hybridized carbons (Fsp3) is 0.600. The Kier molecular flexibility index (Phi) is 2.86. The fourth-order valence-corrected chi connectivity index (χ4v) is 1.14. The normalized spacial score (nSPS) is 11.2. The van der Waals surface area contributed by atoms with Crippen molar-refractivity contribution in [1.82, 2.24) is 9.55 Å². The molecule has 0 fully saturated rings. The Morgan fingerprint density at radius 3 is 2.31 bits per heavy atom. The smallest absolute Gasteiger partial charge is 0.297 e. The molecule has 3 nitrogen and oxygen atoms in total. The van der Waals surface area contributed by atoms with Crippen molar-refractivity contribution in [3.63, 3.8) is 0 Å². The summed E-state index contributed by atoms with van der Waals surface area (Å²) in [5.41, 5.74) is 0.711. The number of nitrogens with zero attached hydrogens (tertiary/aromatic N) is 2. The highest BCUT2D eigenvalue weighted by Crippen LogP contribution is 2.08. The summed E-state index contributed by atoms with van der Waals surface area (Å²) in [5.74, 6) is 0.314. The molecule has 1 rings (SSSR count). The molecule has 0 bridgehead atoms. The summed E-state index contributed by atoms with van der Waals surface area (Å²) in [6, 6.07) is 2.09. The standard InChI is InChI=1S/C10H16N2O/c1-7(2)9-5-6-12(8(3)4)10(13)11-9/h5-8H,1-4H3. The van der Waals surface area contributed by atoms with Crippen molar-refractivity contribution in [2.24, 2.45) is 0 Å². The Labute approximate surface area is 78.4 Å². The van der Waals surface area contributed by atoms with Gasteiger partial charge >= 0.3 is 5.69 Å². The lowest BCUT2D eigenvalue weighted by Crippen LogP contribution is -2.25. The van der Waals surface area contributed by atoms with Gasteiger partial charge < -0.3 is 0 Å². The molecule has 0 amide bonds. The van der Waals surface area contributed by atoms with Crippen molar-refractivity contribution >= 4 is 0 Å². The van der Waals surface area contributed by atoms with Gasteiger partial charge in [0.05, 0.1) is 5.69 Å². The summed E-state index contributed by atoms with van der Waals surface area (Å²) in [6.45, 7) is 8.00. The molecule has 0 aromatic carbocycles. The van der Waals surface area contributed by atoms with Crippen LogP contribution in [0, 0.1) is 0 Å². The Balaban J connectivity index is 3.14. The second-order valence-corrected chi connectivity index (χ2v) is 3.79. The van der Waals surface area contributed by atoms with Crippen LogP contribution < -0.4 is 5.69 Å². The van der Waals surface area contributed by atoms with Crippen LogP contribution in [0.2, 0.25) is 0 Å². The Hall–Kier alpha value is -1.12. The van der Waals surface area contributed by atoms with E-state index in [1.54, 1.807) is 4.57 Å². The SMILES string of the molecule is CC(C)c1ccn(C(C)C)c(=O)n1. The fourth-order valence-electron chi connectivity index (χ4n) is 1.14. The molecule has 0 spiro atoms. The van der Waals surface area contributed by atoms with Crippen LogP contribution in [0.3, 0.4) is 0 Å². The molecule has 0 aliphatic heterocycles. The van der Waals surface area contributed by atoms with Crippen LogP contribution >= 0.6 is 0 Å². The first-order valence-electron chi connectivity index (χ1n) is 4.61. The van der Waals surface area contributed by atoms with E-state index in [0.717, 1.165) is 5.69 Å². The van der Waals surface area contributed by atoms with Crippen LogP contribution in [-0.2, 0) is 0 Å². The number of aromatic nitrogens is 2. The minimum atomic E-state index is -0.152. The zero-order valence-corrected chi connectivity index (χ0v) is 8.61. The maximum absolute atomic E-state index is 11.4.